The molecule has 0 radical (unpaired) electrons. The van der Waals surface area contributed by atoms with Crippen LogP contribution in [-0.4, -0.2) is 40.3 Å². The Kier molecular flexibility index (Phi) is 4.44. The van der Waals surface area contributed by atoms with Crippen molar-refractivity contribution in [2.45, 2.75) is 31.6 Å². The van der Waals surface area contributed by atoms with E-state index in [1.165, 1.54) is 19.2 Å². The fourth-order valence-corrected chi connectivity index (χ4v) is 2.36. The maximum atomic E-state index is 11.8. The third-order valence-corrected chi connectivity index (χ3v) is 3.47. The maximum absolute atomic E-state index is 11.8. The van der Waals surface area contributed by atoms with Gasteiger partial charge in [0, 0.05) is 13.5 Å². The molecule has 0 saturated carbocycles. The van der Waals surface area contributed by atoms with Crippen molar-refractivity contribution in [3.8, 4) is 11.5 Å². The van der Waals surface area contributed by atoms with Crippen LogP contribution in [0.4, 0.5) is 0 Å². The quantitative estimate of drug-likeness (QED) is 0.432. The minimum absolute atomic E-state index is 0.193. The van der Waals surface area contributed by atoms with E-state index in [1.54, 1.807) is 0 Å². The van der Waals surface area contributed by atoms with Gasteiger partial charge in [-0.25, -0.2) is 0 Å². The molecule has 0 saturated heterocycles. The summed E-state index contributed by atoms with van der Waals surface area (Å²) >= 11 is 0. The second kappa shape index (κ2) is 6.11. The smallest absolute Gasteiger partial charge is 0.289 e. The fourth-order valence-electron chi connectivity index (χ4n) is 2.36. The first-order chi connectivity index (χ1) is 9.92. The Morgan fingerprint density at radius 1 is 1.19 bits per heavy atom. The van der Waals surface area contributed by atoms with E-state index in [0.717, 1.165) is 0 Å². The number of nitrogens with one attached hydrogen (secondary N) is 1. The summed E-state index contributed by atoms with van der Waals surface area (Å²) in [6.07, 6.45) is -1.28. The van der Waals surface area contributed by atoms with Gasteiger partial charge in [-0.05, 0) is 36.1 Å². The minimum Gasteiger partial charge on any atom is -0.504 e. The number of ether oxygens (including phenoxy) is 1. The van der Waals surface area contributed by atoms with Gasteiger partial charge in [-0.2, -0.15) is 0 Å². The van der Waals surface area contributed by atoms with Crippen molar-refractivity contribution in [3.05, 3.63) is 23.3 Å². The molecule has 7 nitrogen and oxygen atoms in total. The van der Waals surface area contributed by atoms with Crippen LogP contribution in [0.2, 0.25) is 0 Å². The predicted octanol–water partition coefficient (Wildman–Crippen LogP) is 0.125. The summed E-state index contributed by atoms with van der Waals surface area (Å²) in [5, 5.41) is 31.1. The number of aromatic hydroxyl groups is 2. The van der Waals surface area contributed by atoms with Crippen molar-refractivity contribution in [1.82, 2.24) is 5.32 Å². The van der Waals surface area contributed by atoms with Crippen molar-refractivity contribution in [1.29, 1.82) is 0 Å². The summed E-state index contributed by atoms with van der Waals surface area (Å²) in [5.74, 6) is -2.31. The lowest BCUT2D eigenvalue weighted by Crippen LogP contribution is -2.40. The third-order valence-electron chi connectivity index (χ3n) is 3.47. The number of carbonyl (C=O) groups is 2. The van der Waals surface area contributed by atoms with E-state index in [9.17, 15) is 24.9 Å². The Hall–Kier alpha value is -2.12. The number of benzene rings is 1. The van der Waals surface area contributed by atoms with Gasteiger partial charge >= 0.3 is 0 Å². The first kappa shape index (κ1) is 15.3. The number of aliphatic hydroxyl groups excluding tert-OH is 1. The van der Waals surface area contributed by atoms with E-state index in [4.69, 9.17) is 4.74 Å². The number of phenolic OH excluding ortho intramolecular Hbond substituents is 2. The normalized spacial score (nSPS) is 23.3. The SMILES string of the molecule is COC1CCC(O)NC(=O)C(=O)Cc2cc(O)c(O)cc21. The van der Waals surface area contributed by atoms with Gasteiger partial charge in [0.05, 0.1) is 6.10 Å². The number of hydrogen-bond donors (Lipinski definition) is 4. The molecule has 1 heterocycles. The van der Waals surface area contributed by atoms with E-state index in [1.807, 2.05) is 0 Å². The molecule has 2 atom stereocenters. The van der Waals surface area contributed by atoms with E-state index >= 15 is 0 Å². The summed E-state index contributed by atoms with van der Waals surface area (Å²) < 4.78 is 5.33. The van der Waals surface area contributed by atoms with Gasteiger partial charge in [-0.15, -0.1) is 0 Å². The molecule has 0 bridgehead atoms. The Bertz CT molecular complexity index is 571. The van der Waals surface area contributed by atoms with Crippen LogP contribution >= 0.6 is 0 Å². The number of phenols is 2. The summed E-state index contributed by atoms with van der Waals surface area (Å²) in [6.45, 7) is 0. The molecule has 2 rings (SSSR count). The van der Waals surface area contributed by atoms with Crippen LogP contribution in [0.1, 0.15) is 30.1 Å². The van der Waals surface area contributed by atoms with Crippen molar-refractivity contribution in [2.24, 2.45) is 0 Å². The minimum atomic E-state index is -1.13. The molecule has 4 N–H and O–H groups in total. The highest BCUT2D eigenvalue weighted by atomic mass is 16.5. The van der Waals surface area contributed by atoms with Gasteiger partial charge in [-0.3, -0.25) is 9.59 Å². The van der Waals surface area contributed by atoms with Gasteiger partial charge in [-0.1, -0.05) is 0 Å². The number of amides is 1. The lowest BCUT2D eigenvalue weighted by atomic mass is 9.93. The Labute approximate surface area is 121 Å². The predicted molar refractivity (Wildman–Crippen MR) is 71.6 cm³/mol. The van der Waals surface area contributed by atoms with Gasteiger partial charge in [0.25, 0.3) is 5.91 Å². The zero-order valence-corrected chi connectivity index (χ0v) is 11.5. The van der Waals surface area contributed by atoms with Crippen LogP contribution in [0.5, 0.6) is 11.5 Å². The standard InChI is InChI=1S/C14H17NO6/c1-21-12-2-3-13(19)15-14(20)11(18)5-7-4-9(16)10(17)6-8(7)12/h4,6,12-13,16-17,19H,2-3,5H2,1H3,(H,15,20). The first-order valence-electron chi connectivity index (χ1n) is 6.51. The second-order valence-corrected chi connectivity index (χ2v) is 4.93. The van der Waals surface area contributed by atoms with Crippen molar-refractivity contribution in [3.63, 3.8) is 0 Å². The number of ketones is 1. The molecule has 0 aliphatic carbocycles. The molecule has 0 spiro atoms. The van der Waals surface area contributed by atoms with E-state index in [2.05, 4.69) is 5.32 Å². The average Bonchev–Trinajstić information content (AvgIpc) is 2.43. The van der Waals surface area contributed by atoms with E-state index < -0.39 is 24.0 Å². The Balaban J connectivity index is 2.47. The van der Waals surface area contributed by atoms with Crippen LogP contribution in [-0.2, 0) is 20.7 Å². The van der Waals surface area contributed by atoms with Gasteiger partial charge in [0.15, 0.2) is 11.5 Å². The number of rotatable bonds is 1. The molecule has 21 heavy (non-hydrogen) atoms. The number of hydrogen-bond acceptors (Lipinski definition) is 6. The molecule has 1 aliphatic rings. The van der Waals surface area contributed by atoms with Crippen LogP contribution in [0.25, 0.3) is 0 Å². The van der Waals surface area contributed by atoms with Crippen molar-refractivity contribution < 1.29 is 29.6 Å². The molecule has 2 unspecified atom stereocenters. The van der Waals surface area contributed by atoms with Crippen LogP contribution in [0.3, 0.4) is 0 Å². The number of fused-ring (bicyclic) bond motifs is 1. The van der Waals surface area contributed by atoms with Crippen LogP contribution in [0.15, 0.2) is 12.1 Å². The molecule has 7 heteroatoms. The highest BCUT2D eigenvalue weighted by Crippen LogP contribution is 2.35. The molecule has 0 aromatic heterocycles. The van der Waals surface area contributed by atoms with Gasteiger partial charge < -0.3 is 25.4 Å². The average molecular weight is 295 g/mol. The number of methoxy groups -OCH3 is 1. The topological polar surface area (TPSA) is 116 Å². The molecular weight excluding hydrogens is 278 g/mol. The Morgan fingerprint density at radius 2 is 1.86 bits per heavy atom. The molecular formula is C14H17NO6. The maximum Gasteiger partial charge on any atom is 0.289 e. The summed E-state index contributed by atoms with van der Waals surface area (Å²) in [5.41, 5.74) is 0.928. The molecule has 1 aliphatic heterocycles. The monoisotopic (exact) mass is 295 g/mol. The number of aliphatic hydroxyl groups is 1. The third kappa shape index (κ3) is 3.32. The highest BCUT2D eigenvalue weighted by Gasteiger charge is 2.26. The van der Waals surface area contributed by atoms with Crippen molar-refractivity contribution in [2.75, 3.05) is 7.11 Å². The number of carbonyl (C=O) groups excluding carboxylic acids is 2. The van der Waals surface area contributed by atoms with Crippen LogP contribution < -0.4 is 5.32 Å². The van der Waals surface area contributed by atoms with E-state index in [-0.39, 0.29) is 24.3 Å². The first-order valence-corrected chi connectivity index (χ1v) is 6.51. The molecule has 1 aromatic carbocycles. The molecule has 114 valence electrons. The molecule has 0 fully saturated rings. The lowest BCUT2D eigenvalue weighted by molar-refractivity contribution is -0.139. The lowest BCUT2D eigenvalue weighted by Gasteiger charge is -2.23. The van der Waals surface area contributed by atoms with Crippen LogP contribution in [0, 0.1) is 0 Å². The zero-order chi connectivity index (χ0) is 15.6. The van der Waals surface area contributed by atoms with E-state index in [0.29, 0.717) is 17.5 Å². The van der Waals surface area contributed by atoms with Crippen molar-refractivity contribution >= 4 is 11.7 Å². The highest BCUT2D eigenvalue weighted by molar-refractivity contribution is 6.36. The Morgan fingerprint density at radius 3 is 2.52 bits per heavy atom. The van der Waals surface area contributed by atoms with Gasteiger partial charge in [0.2, 0.25) is 5.78 Å². The molecule has 1 amide bonds. The fraction of sp³-hybridized carbons (Fsp3) is 0.429. The summed E-state index contributed by atoms with van der Waals surface area (Å²) in [4.78, 5) is 23.4. The largest absolute Gasteiger partial charge is 0.504 e. The molecule has 1 aromatic rings. The second-order valence-electron chi connectivity index (χ2n) is 4.93. The van der Waals surface area contributed by atoms with Gasteiger partial charge in [0.1, 0.15) is 6.23 Å². The summed E-state index contributed by atoms with van der Waals surface area (Å²) in [7, 11) is 1.47. The zero-order valence-electron chi connectivity index (χ0n) is 11.5. The number of Topliss-reactive ketones (excluding diaryl/α,β-unsaturated/α-hetero) is 1. The summed E-state index contributed by atoms with van der Waals surface area (Å²) in [6, 6.07) is 2.57.